The van der Waals surface area contributed by atoms with Crippen LogP contribution in [0.3, 0.4) is 0 Å². The van der Waals surface area contributed by atoms with E-state index in [1.54, 1.807) is 12.1 Å². The van der Waals surface area contributed by atoms with E-state index in [1.165, 1.54) is 12.1 Å². The van der Waals surface area contributed by atoms with Gasteiger partial charge in [0.05, 0.1) is 0 Å². The van der Waals surface area contributed by atoms with E-state index in [-0.39, 0.29) is 0 Å². The molecule has 1 unspecified atom stereocenters. The lowest BCUT2D eigenvalue weighted by Crippen LogP contribution is -2.31. The Labute approximate surface area is 80.5 Å². The summed E-state index contributed by atoms with van der Waals surface area (Å²) in [7, 11) is 0. The van der Waals surface area contributed by atoms with Crippen molar-refractivity contribution >= 4 is 23.7 Å². The quantitative estimate of drug-likeness (QED) is 0.448. The Kier molecular flexibility index (Phi) is 3.17. The third-order valence-corrected chi connectivity index (χ3v) is 1.83. The Balaban J connectivity index is 2.89. The second-order valence-corrected chi connectivity index (χ2v) is 2.97. The summed E-state index contributed by atoms with van der Waals surface area (Å²) < 4.78 is 0. The first-order chi connectivity index (χ1) is 6.15. The molecule has 0 amide bonds. The molecule has 1 aromatic rings. The van der Waals surface area contributed by atoms with Crippen LogP contribution in [0, 0.1) is 0 Å². The van der Waals surface area contributed by atoms with Crippen molar-refractivity contribution < 1.29 is 9.59 Å². The number of nitrogens with two attached hydrogens (primary N) is 1. The zero-order valence-corrected chi connectivity index (χ0v) is 7.49. The van der Waals surface area contributed by atoms with E-state index in [0.717, 1.165) is 0 Å². The van der Waals surface area contributed by atoms with Crippen molar-refractivity contribution in [3.05, 3.63) is 34.9 Å². The summed E-state index contributed by atoms with van der Waals surface area (Å²) >= 11 is 5.62. The van der Waals surface area contributed by atoms with Crippen LogP contribution in [0.15, 0.2) is 24.3 Å². The van der Waals surface area contributed by atoms with Gasteiger partial charge in [-0.05, 0) is 24.3 Å². The van der Waals surface area contributed by atoms with E-state index in [4.69, 9.17) is 17.3 Å². The molecule has 0 saturated heterocycles. The molecule has 0 bridgehead atoms. The lowest BCUT2D eigenvalue weighted by Gasteiger charge is -2.02. The Bertz CT molecular complexity index is 321. The number of ketones is 1. The van der Waals surface area contributed by atoms with E-state index in [2.05, 4.69) is 0 Å². The van der Waals surface area contributed by atoms with Gasteiger partial charge in [-0.2, -0.15) is 0 Å². The maximum absolute atomic E-state index is 11.3. The van der Waals surface area contributed by atoms with Crippen molar-refractivity contribution in [2.45, 2.75) is 6.04 Å². The molecule has 4 heteroatoms. The van der Waals surface area contributed by atoms with Gasteiger partial charge in [0.15, 0.2) is 5.78 Å². The van der Waals surface area contributed by atoms with Gasteiger partial charge in [-0.1, -0.05) is 11.6 Å². The van der Waals surface area contributed by atoms with E-state index < -0.39 is 11.8 Å². The van der Waals surface area contributed by atoms with E-state index in [1.807, 2.05) is 0 Å². The SMILES string of the molecule is NC(C=O)C(=O)c1ccc(Cl)cc1. The summed E-state index contributed by atoms with van der Waals surface area (Å²) in [6.07, 6.45) is 0.414. The molecule has 68 valence electrons. The standard InChI is InChI=1S/C9H8ClNO2/c10-7-3-1-6(2-4-7)9(13)8(11)5-12/h1-5,8H,11H2. The smallest absolute Gasteiger partial charge is 0.186 e. The molecule has 1 atom stereocenters. The fourth-order valence-corrected chi connectivity index (χ4v) is 0.994. The van der Waals surface area contributed by atoms with Gasteiger partial charge in [0.25, 0.3) is 0 Å². The summed E-state index contributed by atoms with van der Waals surface area (Å²) in [6.45, 7) is 0. The summed E-state index contributed by atoms with van der Waals surface area (Å²) in [5.74, 6) is -0.397. The van der Waals surface area contributed by atoms with Crippen molar-refractivity contribution in [2.75, 3.05) is 0 Å². The van der Waals surface area contributed by atoms with Crippen LogP contribution in [0.1, 0.15) is 10.4 Å². The number of carbonyl (C=O) groups is 2. The minimum Gasteiger partial charge on any atom is -0.315 e. The second-order valence-electron chi connectivity index (χ2n) is 2.53. The molecule has 3 nitrogen and oxygen atoms in total. The highest BCUT2D eigenvalue weighted by atomic mass is 35.5. The maximum Gasteiger partial charge on any atom is 0.186 e. The van der Waals surface area contributed by atoms with Gasteiger partial charge in [0, 0.05) is 10.6 Å². The van der Waals surface area contributed by atoms with Crippen molar-refractivity contribution in [3.8, 4) is 0 Å². The summed E-state index contributed by atoms with van der Waals surface area (Å²) in [5.41, 5.74) is 5.63. The Morgan fingerprint density at radius 3 is 2.38 bits per heavy atom. The van der Waals surface area contributed by atoms with Gasteiger partial charge in [0.2, 0.25) is 0 Å². The van der Waals surface area contributed by atoms with Crippen LogP contribution in [0.4, 0.5) is 0 Å². The highest BCUT2D eigenvalue weighted by Gasteiger charge is 2.13. The molecule has 2 N–H and O–H groups in total. The fraction of sp³-hybridized carbons (Fsp3) is 0.111. The van der Waals surface area contributed by atoms with Crippen LogP contribution in [-0.2, 0) is 4.79 Å². The molecule has 1 aromatic carbocycles. The molecule has 0 aromatic heterocycles. The van der Waals surface area contributed by atoms with Gasteiger partial charge >= 0.3 is 0 Å². The summed E-state index contributed by atoms with van der Waals surface area (Å²) in [6, 6.07) is 5.14. The Morgan fingerprint density at radius 2 is 1.92 bits per heavy atom. The molecular weight excluding hydrogens is 190 g/mol. The minimum atomic E-state index is -1.08. The largest absolute Gasteiger partial charge is 0.315 e. The predicted octanol–water partition coefficient (Wildman–Crippen LogP) is 1.05. The first-order valence-corrected chi connectivity index (χ1v) is 4.03. The van der Waals surface area contributed by atoms with Crippen LogP contribution < -0.4 is 5.73 Å². The van der Waals surface area contributed by atoms with Crippen LogP contribution in [0.25, 0.3) is 0 Å². The second kappa shape index (κ2) is 4.16. The normalized spacial score (nSPS) is 12.2. The molecular formula is C9H8ClNO2. The third-order valence-electron chi connectivity index (χ3n) is 1.58. The molecule has 0 heterocycles. The Hall–Kier alpha value is -1.19. The first-order valence-electron chi connectivity index (χ1n) is 3.66. The molecule has 0 fully saturated rings. The number of rotatable bonds is 3. The molecule has 13 heavy (non-hydrogen) atoms. The maximum atomic E-state index is 11.3. The molecule has 0 aliphatic carbocycles. The Morgan fingerprint density at radius 1 is 1.38 bits per heavy atom. The number of halogens is 1. The van der Waals surface area contributed by atoms with Gasteiger partial charge in [-0.25, -0.2) is 0 Å². The predicted molar refractivity (Wildman–Crippen MR) is 49.8 cm³/mol. The number of benzene rings is 1. The number of hydrogen-bond acceptors (Lipinski definition) is 3. The third kappa shape index (κ3) is 2.37. The lowest BCUT2D eigenvalue weighted by molar-refractivity contribution is -0.108. The number of Topliss-reactive ketones (excluding diaryl/α,β-unsaturated/α-hetero) is 1. The van der Waals surface area contributed by atoms with Gasteiger partial charge in [-0.3, -0.25) is 4.79 Å². The molecule has 0 saturated carbocycles. The molecule has 1 rings (SSSR count). The van der Waals surface area contributed by atoms with Crippen molar-refractivity contribution in [1.29, 1.82) is 0 Å². The van der Waals surface area contributed by atoms with Crippen molar-refractivity contribution in [2.24, 2.45) is 5.73 Å². The van der Waals surface area contributed by atoms with Crippen molar-refractivity contribution in [3.63, 3.8) is 0 Å². The van der Waals surface area contributed by atoms with Crippen LogP contribution >= 0.6 is 11.6 Å². The number of carbonyl (C=O) groups excluding carboxylic acids is 2. The molecule has 0 spiro atoms. The van der Waals surface area contributed by atoms with Crippen LogP contribution in [0.5, 0.6) is 0 Å². The first kappa shape index (κ1) is 9.89. The summed E-state index contributed by atoms with van der Waals surface area (Å²) in [4.78, 5) is 21.5. The van der Waals surface area contributed by atoms with Gasteiger partial charge < -0.3 is 10.5 Å². The topological polar surface area (TPSA) is 60.2 Å². The van der Waals surface area contributed by atoms with E-state index in [9.17, 15) is 9.59 Å². The highest BCUT2D eigenvalue weighted by Crippen LogP contribution is 2.10. The number of aldehydes is 1. The average molecular weight is 198 g/mol. The summed E-state index contributed by atoms with van der Waals surface area (Å²) in [5, 5.41) is 0.538. The lowest BCUT2D eigenvalue weighted by atomic mass is 10.1. The molecule has 0 aliphatic rings. The van der Waals surface area contributed by atoms with Crippen LogP contribution in [0.2, 0.25) is 5.02 Å². The monoisotopic (exact) mass is 197 g/mol. The molecule has 0 radical (unpaired) electrons. The van der Waals surface area contributed by atoms with Crippen LogP contribution in [-0.4, -0.2) is 18.1 Å². The van der Waals surface area contributed by atoms with Crippen molar-refractivity contribution in [1.82, 2.24) is 0 Å². The van der Waals surface area contributed by atoms with E-state index >= 15 is 0 Å². The highest BCUT2D eigenvalue weighted by molar-refractivity contribution is 6.30. The average Bonchev–Trinajstić information content (AvgIpc) is 2.17. The number of hydrogen-bond donors (Lipinski definition) is 1. The zero-order chi connectivity index (χ0) is 9.84. The van der Waals surface area contributed by atoms with Gasteiger partial charge in [0.1, 0.15) is 12.3 Å². The molecule has 0 aliphatic heterocycles. The van der Waals surface area contributed by atoms with E-state index in [0.29, 0.717) is 16.9 Å². The zero-order valence-electron chi connectivity index (χ0n) is 6.74. The van der Waals surface area contributed by atoms with Gasteiger partial charge in [-0.15, -0.1) is 0 Å². The fourth-order valence-electron chi connectivity index (χ4n) is 0.868. The minimum absolute atomic E-state index is 0.393.